The van der Waals surface area contributed by atoms with Crippen LogP contribution in [0.3, 0.4) is 0 Å². The van der Waals surface area contributed by atoms with Gasteiger partial charge in [0, 0.05) is 29.1 Å². The monoisotopic (exact) mass is 348 g/mol. The summed E-state index contributed by atoms with van der Waals surface area (Å²) in [7, 11) is 0. The number of nitrogens with zero attached hydrogens (tertiary/aromatic N) is 1. The first-order valence-electron chi connectivity index (χ1n) is 8.38. The van der Waals surface area contributed by atoms with E-state index in [2.05, 4.69) is 10.3 Å². The van der Waals surface area contributed by atoms with E-state index in [1.165, 1.54) is 12.1 Å². The van der Waals surface area contributed by atoms with Gasteiger partial charge in [0.1, 0.15) is 18.2 Å². The molecular formula is C21H17FN2O2. The molecule has 1 N–H and O–H groups in total. The molecule has 5 heteroatoms. The zero-order valence-corrected chi connectivity index (χ0v) is 14.2. The topological polar surface area (TPSA) is 51.2 Å². The Labute approximate surface area is 150 Å². The zero-order chi connectivity index (χ0) is 18.1. The number of fused-ring (bicyclic) bond motifs is 3. The van der Waals surface area contributed by atoms with Crippen LogP contribution < -0.4 is 10.1 Å². The highest BCUT2D eigenvalue weighted by Gasteiger charge is 2.19. The van der Waals surface area contributed by atoms with Crippen molar-refractivity contribution in [2.75, 3.05) is 0 Å². The lowest BCUT2D eigenvalue weighted by atomic mass is 9.97. The highest BCUT2D eigenvalue weighted by atomic mass is 19.1. The summed E-state index contributed by atoms with van der Waals surface area (Å²) in [4.78, 5) is 16.7. The summed E-state index contributed by atoms with van der Waals surface area (Å²) in [5.41, 5.74) is 4.26. The molecule has 1 aromatic heterocycles. The lowest BCUT2D eigenvalue weighted by Gasteiger charge is -2.21. The van der Waals surface area contributed by atoms with Gasteiger partial charge in [0.15, 0.2) is 0 Å². The molecule has 1 unspecified atom stereocenters. The van der Waals surface area contributed by atoms with Crippen molar-refractivity contribution in [2.45, 2.75) is 19.6 Å². The molecule has 0 aliphatic carbocycles. The average molecular weight is 348 g/mol. The second-order valence-electron chi connectivity index (χ2n) is 6.28. The van der Waals surface area contributed by atoms with Gasteiger partial charge in [-0.05, 0) is 54.4 Å². The summed E-state index contributed by atoms with van der Waals surface area (Å²) in [6, 6.07) is 13.3. The minimum Gasteiger partial charge on any atom is -0.488 e. The second kappa shape index (κ2) is 6.59. The molecule has 2 aromatic carbocycles. The van der Waals surface area contributed by atoms with E-state index in [-0.39, 0.29) is 17.8 Å². The lowest BCUT2D eigenvalue weighted by Crippen LogP contribution is -2.26. The smallest absolute Gasteiger partial charge is 0.251 e. The number of carbonyl (C=O) groups is 1. The minimum atomic E-state index is -0.320. The molecule has 2 heterocycles. The summed E-state index contributed by atoms with van der Waals surface area (Å²) in [5.74, 6) is 0.127. The van der Waals surface area contributed by atoms with Crippen molar-refractivity contribution in [3.05, 3.63) is 83.4 Å². The number of ether oxygens (including phenoxy) is 1. The molecule has 0 radical (unpaired) electrons. The molecule has 0 spiro atoms. The van der Waals surface area contributed by atoms with Crippen LogP contribution in [0, 0.1) is 5.82 Å². The number of aromatic nitrogens is 1. The Balaban J connectivity index is 1.57. The number of pyridine rings is 1. The summed E-state index contributed by atoms with van der Waals surface area (Å²) < 4.78 is 19.1. The van der Waals surface area contributed by atoms with Crippen LogP contribution in [0.2, 0.25) is 0 Å². The van der Waals surface area contributed by atoms with Crippen molar-refractivity contribution in [3.8, 4) is 16.9 Å². The van der Waals surface area contributed by atoms with Crippen molar-refractivity contribution in [2.24, 2.45) is 0 Å². The third-order valence-electron chi connectivity index (χ3n) is 4.52. The molecule has 0 fully saturated rings. The van der Waals surface area contributed by atoms with Gasteiger partial charge in [-0.25, -0.2) is 4.39 Å². The van der Waals surface area contributed by atoms with E-state index >= 15 is 0 Å². The Bertz CT molecular complexity index is 987. The first-order chi connectivity index (χ1) is 12.6. The number of halogens is 1. The van der Waals surface area contributed by atoms with Crippen molar-refractivity contribution in [1.82, 2.24) is 10.3 Å². The Morgan fingerprint density at radius 3 is 2.92 bits per heavy atom. The van der Waals surface area contributed by atoms with Gasteiger partial charge in [0.2, 0.25) is 0 Å². The van der Waals surface area contributed by atoms with E-state index in [0.717, 1.165) is 16.7 Å². The number of nitrogens with one attached hydrogen (secondary N) is 1. The molecule has 0 bridgehead atoms. The van der Waals surface area contributed by atoms with E-state index in [4.69, 9.17) is 4.74 Å². The third-order valence-corrected chi connectivity index (χ3v) is 4.52. The van der Waals surface area contributed by atoms with Gasteiger partial charge in [-0.1, -0.05) is 12.1 Å². The van der Waals surface area contributed by atoms with E-state index in [9.17, 15) is 9.18 Å². The number of carbonyl (C=O) groups excluding carboxylic acids is 1. The highest BCUT2D eigenvalue weighted by molar-refractivity contribution is 5.96. The zero-order valence-electron chi connectivity index (χ0n) is 14.2. The van der Waals surface area contributed by atoms with Crippen LogP contribution in [-0.4, -0.2) is 10.9 Å². The normalized spacial score (nSPS) is 13.2. The number of hydrogen-bond acceptors (Lipinski definition) is 3. The van der Waals surface area contributed by atoms with Gasteiger partial charge in [-0.2, -0.15) is 0 Å². The van der Waals surface area contributed by atoms with Crippen LogP contribution >= 0.6 is 0 Å². The molecule has 3 aromatic rings. The van der Waals surface area contributed by atoms with Gasteiger partial charge in [-0.15, -0.1) is 0 Å². The van der Waals surface area contributed by atoms with Crippen LogP contribution in [0.5, 0.6) is 5.75 Å². The van der Waals surface area contributed by atoms with Crippen LogP contribution in [0.1, 0.15) is 34.5 Å². The minimum absolute atomic E-state index is 0.228. The van der Waals surface area contributed by atoms with Gasteiger partial charge in [0.25, 0.3) is 5.91 Å². The molecule has 1 aliphatic heterocycles. The number of amides is 1. The number of hydrogen-bond donors (Lipinski definition) is 1. The maximum Gasteiger partial charge on any atom is 0.251 e. The molecule has 4 rings (SSSR count). The molecule has 0 saturated heterocycles. The first-order valence-corrected chi connectivity index (χ1v) is 8.38. The SMILES string of the molecule is CC(NC(=O)c1ccc2c(c1)OCc1cnccc1-2)c1cccc(F)c1. The maximum absolute atomic E-state index is 13.4. The largest absolute Gasteiger partial charge is 0.488 e. The predicted molar refractivity (Wildman–Crippen MR) is 96.3 cm³/mol. The molecule has 1 aliphatic rings. The Morgan fingerprint density at radius 2 is 2.08 bits per heavy atom. The van der Waals surface area contributed by atoms with Crippen LogP contribution in [0.15, 0.2) is 60.9 Å². The molecule has 1 amide bonds. The average Bonchev–Trinajstić information content (AvgIpc) is 2.67. The molecule has 130 valence electrons. The fraction of sp³-hybridized carbons (Fsp3) is 0.143. The van der Waals surface area contributed by atoms with Crippen LogP contribution in [0.25, 0.3) is 11.1 Å². The van der Waals surface area contributed by atoms with Gasteiger partial charge < -0.3 is 10.1 Å². The molecule has 0 saturated carbocycles. The van der Waals surface area contributed by atoms with E-state index in [0.29, 0.717) is 23.5 Å². The quantitative estimate of drug-likeness (QED) is 0.769. The maximum atomic E-state index is 13.4. The fourth-order valence-electron chi connectivity index (χ4n) is 3.11. The van der Waals surface area contributed by atoms with Crippen LogP contribution in [0.4, 0.5) is 4.39 Å². The second-order valence-corrected chi connectivity index (χ2v) is 6.28. The van der Waals surface area contributed by atoms with Crippen molar-refractivity contribution < 1.29 is 13.9 Å². The summed E-state index contributed by atoms with van der Waals surface area (Å²) in [5, 5.41) is 2.89. The summed E-state index contributed by atoms with van der Waals surface area (Å²) in [6.07, 6.45) is 3.54. The standard InChI is InChI=1S/C21H17FN2O2/c1-13(14-3-2-4-17(22)9-14)24-21(25)15-5-6-19-18-7-8-23-11-16(18)12-26-20(19)10-15/h2-11,13H,12H2,1H3,(H,24,25). The van der Waals surface area contributed by atoms with Crippen molar-refractivity contribution in [1.29, 1.82) is 0 Å². The van der Waals surface area contributed by atoms with Gasteiger partial charge in [0.05, 0.1) is 6.04 Å². The number of benzene rings is 2. The molecule has 26 heavy (non-hydrogen) atoms. The summed E-state index contributed by atoms with van der Waals surface area (Å²) in [6.45, 7) is 2.26. The third kappa shape index (κ3) is 3.04. The van der Waals surface area contributed by atoms with Crippen molar-refractivity contribution in [3.63, 3.8) is 0 Å². The van der Waals surface area contributed by atoms with Gasteiger partial charge >= 0.3 is 0 Å². The van der Waals surface area contributed by atoms with Crippen molar-refractivity contribution >= 4 is 5.91 Å². The van der Waals surface area contributed by atoms with E-state index < -0.39 is 0 Å². The number of rotatable bonds is 3. The van der Waals surface area contributed by atoms with E-state index in [1.54, 1.807) is 36.7 Å². The summed E-state index contributed by atoms with van der Waals surface area (Å²) >= 11 is 0. The Kier molecular flexibility index (Phi) is 4.13. The lowest BCUT2D eigenvalue weighted by molar-refractivity contribution is 0.0939. The highest BCUT2D eigenvalue weighted by Crippen LogP contribution is 2.37. The predicted octanol–water partition coefficient (Wildman–Crippen LogP) is 4.27. The molecule has 1 atom stereocenters. The Morgan fingerprint density at radius 1 is 1.19 bits per heavy atom. The van der Waals surface area contributed by atoms with E-state index in [1.807, 2.05) is 19.1 Å². The van der Waals surface area contributed by atoms with Crippen LogP contribution in [-0.2, 0) is 6.61 Å². The first kappa shape index (κ1) is 16.3. The Hall–Kier alpha value is -3.21. The molecular weight excluding hydrogens is 331 g/mol. The molecule has 4 nitrogen and oxygen atoms in total. The fourth-order valence-corrected chi connectivity index (χ4v) is 3.11. The van der Waals surface area contributed by atoms with Gasteiger partial charge in [-0.3, -0.25) is 9.78 Å².